The summed E-state index contributed by atoms with van der Waals surface area (Å²) in [4.78, 5) is 20.2. The molecule has 2 aromatic rings. The summed E-state index contributed by atoms with van der Waals surface area (Å²) in [6, 6.07) is 1.92. The highest BCUT2D eigenvalue weighted by Gasteiger charge is 2.23. The molecule has 0 saturated carbocycles. The lowest BCUT2D eigenvalue weighted by atomic mass is 10.1. The zero-order valence-electron chi connectivity index (χ0n) is 11.6. The number of rotatable bonds is 1. The van der Waals surface area contributed by atoms with Crippen LogP contribution in [0.4, 0.5) is 5.69 Å². The van der Waals surface area contributed by atoms with Crippen LogP contribution in [0.3, 0.4) is 0 Å². The van der Waals surface area contributed by atoms with Gasteiger partial charge in [0.1, 0.15) is 9.71 Å². The van der Waals surface area contributed by atoms with Gasteiger partial charge in [-0.05, 0) is 31.9 Å². The maximum absolute atomic E-state index is 12.6. The third-order valence-corrected chi connectivity index (χ3v) is 4.86. The number of thiophene rings is 1. The predicted molar refractivity (Wildman–Crippen MR) is 83.0 cm³/mol. The highest BCUT2D eigenvalue weighted by atomic mass is 32.1. The second-order valence-electron chi connectivity index (χ2n) is 5.20. The van der Waals surface area contributed by atoms with E-state index in [2.05, 4.69) is 18.0 Å². The number of anilines is 1. The predicted octanol–water partition coefficient (Wildman–Crippen LogP) is 2.98. The Hall–Kier alpha value is -1.88. The molecule has 1 aliphatic heterocycles. The van der Waals surface area contributed by atoms with Crippen molar-refractivity contribution in [2.75, 3.05) is 18.8 Å². The zero-order valence-corrected chi connectivity index (χ0v) is 12.5. The van der Waals surface area contributed by atoms with Crippen molar-refractivity contribution in [1.82, 2.24) is 9.88 Å². The lowest BCUT2D eigenvalue weighted by Crippen LogP contribution is -2.34. The van der Waals surface area contributed by atoms with Crippen molar-refractivity contribution in [3.05, 3.63) is 34.4 Å². The molecule has 104 valence electrons. The van der Waals surface area contributed by atoms with E-state index < -0.39 is 0 Å². The Morgan fingerprint density at radius 2 is 2.25 bits per heavy atom. The number of pyridine rings is 1. The molecule has 0 atom stereocenters. The Labute approximate surface area is 121 Å². The highest BCUT2D eigenvalue weighted by molar-refractivity contribution is 7.21. The first-order chi connectivity index (χ1) is 9.58. The molecule has 0 radical (unpaired) electrons. The minimum absolute atomic E-state index is 0.0219. The number of hydrogen-bond acceptors (Lipinski definition) is 4. The van der Waals surface area contributed by atoms with Crippen LogP contribution in [-0.2, 0) is 0 Å². The lowest BCUT2D eigenvalue weighted by molar-refractivity contribution is 0.0775. The molecular weight excluding hydrogens is 270 g/mol. The molecule has 20 heavy (non-hydrogen) atoms. The molecule has 0 aromatic carbocycles. The fraction of sp³-hybridized carbons (Fsp3) is 0.333. The van der Waals surface area contributed by atoms with E-state index in [4.69, 9.17) is 5.73 Å². The Morgan fingerprint density at radius 3 is 2.90 bits per heavy atom. The minimum atomic E-state index is 0.0219. The van der Waals surface area contributed by atoms with Gasteiger partial charge in [-0.3, -0.25) is 4.79 Å². The van der Waals surface area contributed by atoms with E-state index >= 15 is 0 Å². The molecule has 1 amide bonds. The number of aryl methyl sites for hydroxylation is 1. The maximum atomic E-state index is 12.6. The van der Waals surface area contributed by atoms with Crippen LogP contribution >= 0.6 is 11.3 Å². The average Bonchev–Trinajstić information content (AvgIpc) is 2.77. The van der Waals surface area contributed by atoms with Crippen molar-refractivity contribution >= 4 is 33.1 Å². The Kier molecular flexibility index (Phi) is 3.22. The van der Waals surface area contributed by atoms with Gasteiger partial charge in [0.15, 0.2) is 0 Å². The van der Waals surface area contributed by atoms with Crippen molar-refractivity contribution < 1.29 is 4.79 Å². The SMILES string of the molecule is CC1=CCN(C(=O)c2sc3nccc(C)c3c2N)CC1. The molecule has 1 aliphatic rings. The number of nitrogens with zero attached hydrogens (tertiary/aromatic N) is 2. The van der Waals surface area contributed by atoms with Crippen molar-refractivity contribution in [3.63, 3.8) is 0 Å². The number of carbonyl (C=O) groups is 1. The van der Waals surface area contributed by atoms with Gasteiger partial charge >= 0.3 is 0 Å². The van der Waals surface area contributed by atoms with Gasteiger partial charge in [-0.2, -0.15) is 0 Å². The fourth-order valence-corrected chi connectivity index (χ4v) is 3.57. The first kappa shape index (κ1) is 13.1. The van der Waals surface area contributed by atoms with Crippen molar-refractivity contribution in [2.24, 2.45) is 0 Å². The summed E-state index contributed by atoms with van der Waals surface area (Å²) >= 11 is 1.39. The van der Waals surface area contributed by atoms with Crippen LogP contribution in [-0.4, -0.2) is 28.9 Å². The van der Waals surface area contributed by atoms with Crippen LogP contribution in [0.5, 0.6) is 0 Å². The largest absolute Gasteiger partial charge is 0.397 e. The molecule has 3 rings (SSSR count). The average molecular weight is 287 g/mol. The minimum Gasteiger partial charge on any atom is -0.397 e. The van der Waals surface area contributed by atoms with Crippen LogP contribution in [0.1, 0.15) is 28.6 Å². The third-order valence-electron chi connectivity index (χ3n) is 3.75. The first-order valence-electron chi connectivity index (χ1n) is 6.66. The summed E-state index contributed by atoms with van der Waals surface area (Å²) in [5, 5.41) is 0.921. The molecule has 0 unspecified atom stereocenters. The quantitative estimate of drug-likeness (QED) is 0.820. The summed E-state index contributed by atoms with van der Waals surface area (Å²) in [6.07, 6.45) is 4.80. The van der Waals surface area contributed by atoms with E-state index in [-0.39, 0.29) is 5.91 Å². The van der Waals surface area contributed by atoms with Crippen molar-refractivity contribution in [2.45, 2.75) is 20.3 Å². The van der Waals surface area contributed by atoms with Gasteiger partial charge in [-0.15, -0.1) is 11.3 Å². The monoisotopic (exact) mass is 287 g/mol. The summed E-state index contributed by atoms with van der Waals surface area (Å²) in [5.41, 5.74) is 9.17. The van der Waals surface area contributed by atoms with Gasteiger partial charge in [0.05, 0.1) is 5.69 Å². The Balaban J connectivity index is 2.00. The van der Waals surface area contributed by atoms with E-state index in [1.165, 1.54) is 16.9 Å². The first-order valence-corrected chi connectivity index (χ1v) is 7.48. The zero-order chi connectivity index (χ0) is 14.3. The van der Waals surface area contributed by atoms with Crippen molar-refractivity contribution in [1.29, 1.82) is 0 Å². The Morgan fingerprint density at radius 1 is 1.45 bits per heavy atom. The van der Waals surface area contributed by atoms with Gasteiger partial charge in [0, 0.05) is 24.7 Å². The summed E-state index contributed by atoms with van der Waals surface area (Å²) < 4.78 is 0. The second-order valence-corrected chi connectivity index (χ2v) is 6.20. The third kappa shape index (κ3) is 2.08. The van der Waals surface area contributed by atoms with Crippen molar-refractivity contribution in [3.8, 4) is 0 Å². The molecule has 0 saturated heterocycles. The molecule has 5 heteroatoms. The molecule has 0 spiro atoms. The van der Waals surface area contributed by atoms with E-state index in [1.54, 1.807) is 6.20 Å². The molecule has 2 aromatic heterocycles. The second kappa shape index (κ2) is 4.90. The van der Waals surface area contributed by atoms with E-state index in [9.17, 15) is 4.79 Å². The summed E-state index contributed by atoms with van der Waals surface area (Å²) in [5.74, 6) is 0.0219. The van der Waals surface area contributed by atoms with Crippen LogP contribution < -0.4 is 5.73 Å². The molecular formula is C15H17N3OS. The smallest absolute Gasteiger partial charge is 0.266 e. The van der Waals surface area contributed by atoms with Crippen LogP contribution in [0.25, 0.3) is 10.2 Å². The number of fused-ring (bicyclic) bond motifs is 1. The summed E-state index contributed by atoms with van der Waals surface area (Å²) in [6.45, 7) is 5.53. The highest BCUT2D eigenvalue weighted by Crippen LogP contribution is 2.35. The normalized spacial score (nSPS) is 15.5. The fourth-order valence-electron chi connectivity index (χ4n) is 2.46. The van der Waals surface area contributed by atoms with Gasteiger partial charge in [-0.25, -0.2) is 4.98 Å². The molecule has 4 nitrogen and oxygen atoms in total. The standard InChI is InChI=1S/C15H17N3OS/c1-9-4-7-18(8-5-9)15(19)13-12(16)11-10(2)3-6-17-14(11)20-13/h3-4,6H,5,7-8,16H2,1-2H3. The number of hydrogen-bond donors (Lipinski definition) is 1. The van der Waals surface area contributed by atoms with Crippen LogP contribution in [0.2, 0.25) is 0 Å². The number of carbonyl (C=O) groups excluding carboxylic acids is 1. The summed E-state index contributed by atoms with van der Waals surface area (Å²) in [7, 11) is 0. The molecule has 2 N–H and O–H groups in total. The van der Waals surface area contributed by atoms with Crippen LogP contribution in [0, 0.1) is 6.92 Å². The van der Waals surface area contributed by atoms with E-state index in [0.717, 1.165) is 28.7 Å². The van der Waals surface area contributed by atoms with Gasteiger partial charge in [0.2, 0.25) is 0 Å². The molecule has 0 fully saturated rings. The molecule has 0 aliphatic carbocycles. The topological polar surface area (TPSA) is 59.2 Å². The number of nitrogens with two attached hydrogens (primary N) is 1. The van der Waals surface area contributed by atoms with Gasteiger partial charge < -0.3 is 10.6 Å². The molecule has 0 bridgehead atoms. The Bertz CT molecular complexity index is 717. The van der Waals surface area contributed by atoms with Gasteiger partial charge in [-0.1, -0.05) is 11.6 Å². The number of nitrogen functional groups attached to an aromatic ring is 1. The van der Waals surface area contributed by atoms with Crippen LogP contribution in [0.15, 0.2) is 23.9 Å². The number of aromatic nitrogens is 1. The maximum Gasteiger partial charge on any atom is 0.266 e. The van der Waals surface area contributed by atoms with Gasteiger partial charge in [0.25, 0.3) is 5.91 Å². The number of amides is 1. The molecule has 3 heterocycles. The van der Waals surface area contributed by atoms with E-state index in [0.29, 0.717) is 17.1 Å². The lowest BCUT2D eigenvalue weighted by Gasteiger charge is -2.25. The van der Waals surface area contributed by atoms with E-state index in [1.807, 2.05) is 17.9 Å².